The summed E-state index contributed by atoms with van der Waals surface area (Å²) in [6.07, 6.45) is 1.59. The van der Waals surface area contributed by atoms with E-state index in [4.69, 9.17) is 17.3 Å². The van der Waals surface area contributed by atoms with Crippen molar-refractivity contribution in [1.82, 2.24) is 9.97 Å². The van der Waals surface area contributed by atoms with Crippen molar-refractivity contribution in [3.05, 3.63) is 59.0 Å². The normalized spacial score (nSPS) is 10.5. The number of nitrogens with two attached hydrogens (primary N) is 1. The van der Waals surface area contributed by atoms with E-state index in [9.17, 15) is 9.59 Å². The number of benzene rings is 1. The van der Waals surface area contributed by atoms with Crippen LogP contribution < -0.4 is 16.4 Å². The van der Waals surface area contributed by atoms with E-state index in [1.165, 1.54) is 11.3 Å². The van der Waals surface area contributed by atoms with Crippen LogP contribution >= 0.6 is 22.9 Å². The van der Waals surface area contributed by atoms with Crippen molar-refractivity contribution in [3.8, 4) is 10.4 Å². The van der Waals surface area contributed by atoms with Crippen LogP contribution in [0.5, 0.6) is 0 Å². The van der Waals surface area contributed by atoms with Gasteiger partial charge in [0.25, 0.3) is 5.91 Å². The molecule has 4 N–H and O–H groups in total. The highest BCUT2D eigenvalue weighted by atomic mass is 35.5. The first-order valence-electron chi connectivity index (χ1n) is 7.97. The maximum absolute atomic E-state index is 12.4. The van der Waals surface area contributed by atoms with Gasteiger partial charge < -0.3 is 16.4 Å². The molecule has 0 saturated carbocycles. The number of carbonyl (C=O) groups excluding carboxylic acids is 2. The summed E-state index contributed by atoms with van der Waals surface area (Å²) in [7, 11) is 0. The van der Waals surface area contributed by atoms with E-state index in [0.29, 0.717) is 16.4 Å². The molecule has 0 aliphatic rings. The van der Waals surface area contributed by atoms with Gasteiger partial charge in [0.1, 0.15) is 0 Å². The second-order valence-electron chi connectivity index (χ2n) is 5.57. The van der Waals surface area contributed by atoms with Crippen LogP contribution in [0.3, 0.4) is 0 Å². The number of aryl methyl sites for hydroxylation is 1. The van der Waals surface area contributed by atoms with Crippen LogP contribution in [0.2, 0.25) is 5.15 Å². The van der Waals surface area contributed by atoms with E-state index in [2.05, 4.69) is 20.6 Å². The molecule has 2 heterocycles. The number of rotatable bonds is 5. The van der Waals surface area contributed by atoms with Gasteiger partial charge in [-0.3, -0.25) is 9.59 Å². The van der Waals surface area contributed by atoms with Crippen LogP contribution in [0.4, 0.5) is 10.8 Å². The van der Waals surface area contributed by atoms with Gasteiger partial charge in [0.2, 0.25) is 5.91 Å². The fourth-order valence-electron chi connectivity index (χ4n) is 2.33. The molecule has 0 bridgehead atoms. The van der Waals surface area contributed by atoms with Crippen LogP contribution in [-0.2, 0) is 4.79 Å². The molecule has 0 aliphatic heterocycles. The molecule has 0 aliphatic carbocycles. The fourth-order valence-corrected chi connectivity index (χ4v) is 3.45. The average molecular weight is 402 g/mol. The number of amides is 2. The quantitative estimate of drug-likeness (QED) is 0.568. The zero-order valence-corrected chi connectivity index (χ0v) is 15.9. The number of nitrogens with zero attached hydrogens (tertiary/aromatic N) is 2. The van der Waals surface area contributed by atoms with Gasteiger partial charge in [-0.15, -0.1) is 0 Å². The molecule has 2 amide bonds. The molecule has 9 heteroatoms. The van der Waals surface area contributed by atoms with Gasteiger partial charge in [0, 0.05) is 17.3 Å². The lowest BCUT2D eigenvalue weighted by atomic mass is 10.2. The Labute approximate surface area is 164 Å². The third-order valence-corrected chi connectivity index (χ3v) is 5.04. The SMILES string of the molecule is Cc1nc(NC(=O)CN)sc1-c1cnc(Cl)c(NC(=O)c2ccccc2)c1. The number of thiazole rings is 1. The minimum absolute atomic E-state index is 0.119. The van der Waals surface area contributed by atoms with E-state index in [1.54, 1.807) is 36.5 Å². The number of anilines is 2. The van der Waals surface area contributed by atoms with Crippen molar-refractivity contribution in [2.75, 3.05) is 17.2 Å². The van der Waals surface area contributed by atoms with Gasteiger partial charge in [-0.05, 0) is 25.1 Å². The number of halogens is 1. The van der Waals surface area contributed by atoms with Crippen LogP contribution in [0.15, 0.2) is 42.6 Å². The molecule has 2 aromatic heterocycles. The van der Waals surface area contributed by atoms with Crippen molar-refractivity contribution in [1.29, 1.82) is 0 Å². The number of carbonyl (C=O) groups is 2. The van der Waals surface area contributed by atoms with Gasteiger partial charge in [-0.1, -0.05) is 41.1 Å². The number of nitrogens with one attached hydrogen (secondary N) is 2. The van der Waals surface area contributed by atoms with Gasteiger partial charge in [-0.2, -0.15) is 0 Å². The highest BCUT2D eigenvalue weighted by Crippen LogP contribution is 2.35. The Morgan fingerprint density at radius 2 is 1.96 bits per heavy atom. The van der Waals surface area contributed by atoms with E-state index >= 15 is 0 Å². The predicted molar refractivity (Wildman–Crippen MR) is 107 cm³/mol. The highest BCUT2D eigenvalue weighted by Gasteiger charge is 2.15. The van der Waals surface area contributed by atoms with Crippen LogP contribution in [0.25, 0.3) is 10.4 Å². The maximum Gasteiger partial charge on any atom is 0.255 e. The van der Waals surface area contributed by atoms with E-state index in [-0.39, 0.29) is 23.5 Å². The number of pyridine rings is 1. The Morgan fingerprint density at radius 3 is 2.67 bits per heavy atom. The van der Waals surface area contributed by atoms with Crippen LogP contribution in [-0.4, -0.2) is 28.3 Å². The number of aromatic nitrogens is 2. The first kappa shape index (κ1) is 19.0. The minimum Gasteiger partial charge on any atom is -0.322 e. The van der Waals surface area contributed by atoms with Gasteiger partial charge in [0.15, 0.2) is 10.3 Å². The van der Waals surface area contributed by atoms with Crippen molar-refractivity contribution in [3.63, 3.8) is 0 Å². The fraction of sp³-hybridized carbons (Fsp3) is 0.111. The standard InChI is InChI=1S/C18H16ClN5O2S/c1-10-15(27-18(22-10)24-14(25)8-20)12-7-13(16(19)21-9-12)23-17(26)11-5-3-2-4-6-11/h2-7,9H,8,20H2,1H3,(H,23,26)(H,22,24,25). The smallest absolute Gasteiger partial charge is 0.255 e. The Hall–Kier alpha value is -2.81. The first-order chi connectivity index (χ1) is 13.0. The summed E-state index contributed by atoms with van der Waals surface area (Å²) < 4.78 is 0. The molecule has 1 aromatic carbocycles. The molecule has 27 heavy (non-hydrogen) atoms. The zero-order valence-electron chi connectivity index (χ0n) is 14.3. The zero-order chi connectivity index (χ0) is 19.4. The molecule has 0 atom stereocenters. The van der Waals surface area contributed by atoms with Crippen molar-refractivity contribution in [2.24, 2.45) is 5.73 Å². The molecule has 7 nitrogen and oxygen atoms in total. The molecule has 0 spiro atoms. The summed E-state index contributed by atoms with van der Waals surface area (Å²) in [4.78, 5) is 33.1. The summed E-state index contributed by atoms with van der Waals surface area (Å²) in [5.41, 5.74) is 7.66. The lowest BCUT2D eigenvalue weighted by Crippen LogP contribution is -2.21. The molecule has 0 unspecified atom stereocenters. The molecular weight excluding hydrogens is 386 g/mol. The molecule has 3 aromatic rings. The van der Waals surface area contributed by atoms with Crippen LogP contribution in [0.1, 0.15) is 16.1 Å². The van der Waals surface area contributed by atoms with Crippen LogP contribution in [0, 0.1) is 6.92 Å². The summed E-state index contributed by atoms with van der Waals surface area (Å²) in [6.45, 7) is 1.70. The van der Waals surface area contributed by atoms with E-state index < -0.39 is 0 Å². The highest BCUT2D eigenvalue weighted by molar-refractivity contribution is 7.19. The Balaban J connectivity index is 1.87. The summed E-state index contributed by atoms with van der Waals surface area (Å²) >= 11 is 7.43. The lowest BCUT2D eigenvalue weighted by Gasteiger charge is -2.08. The second-order valence-corrected chi connectivity index (χ2v) is 6.93. The third kappa shape index (κ3) is 4.48. The van der Waals surface area contributed by atoms with Gasteiger partial charge >= 0.3 is 0 Å². The molecule has 0 radical (unpaired) electrons. The maximum atomic E-state index is 12.4. The topological polar surface area (TPSA) is 110 Å². The molecular formula is C18H16ClN5O2S. The Kier molecular flexibility index (Phi) is 5.80. The Bertz CT molecular complexity index is 991. The average Bonchev–Trinajstić information content (AvgIpc) is 3.04. The summed E-state index contributed by atoms with van der Waals surface area (Å²) in [6, 6.07) is 10.5. The van der Waals surface area contributed by atoms with Crippen molar-refractivity contribution < 1.29 is 9.59 Å². The summed E-state index contributed by atoms with van der Waals surface area (Å²) in [5, 5.41) is 6.03. The van der Waals surface area contributed by atoms with Gasteiger partial charge in [-0.25, -0.2) is 9.97 Å². The van der Waals surface area contributed by atoms with E-state index in [1.807, 2.05) is 13.0 Å². The first-order valence-corrected chi connectivity index (χ1v) is 9.17. The van der Waals surface area contributed by atoms with Crippen molar-refractivity contribution >= 4 is 45.6 Å². The molecule has 0 saturated heterocycles. The minimum atomic E-state index is -0.319. The Morgan fingerprint density at radius 1 is 1.22 bits per heavy atom. The number of hydrogen-bond acceptors (Lipinski definition) is 6. The van der Waals surface area contributed by atoms with E-state index in [0.717, 1.165) is 16.1 Å². The number of hydrogen-bond donors (Lipinski definition) is 3. The molecule has 138 valence electrons. The largest absolute Gasteiger partial charge is 0.322 e. The molecule has 3 rings (SSSR count). The lowest BCUT2D eigenvalue weighted by molar-refractivity contribution is -0.114. The summed E-state index contributed by atoms with van der Waals surface area (Å²) in [5.74, 6) is -0.603. The molecule has 0 fully saturated rings. The second kappa shape index (κ2) is 8.26. The monoisotopic (exact) mass is 401 g/mol. The predicted octanol–water partition coefficient (Wildman–Crippen LogP) is 3.32. The van der Waals surface area contributed by atoms with Crippen molar-refractivity contribution in [2.45, 2.75) is 6.92 Å². The van der Waals surface area contributed by atoms with Gasteiger partial charge in [0.05, 0.1) is 22.8 Å². The third-order valence-electron chi connectivity index (χ3n) is 3.61.